The molecule has 2 aliphatic rings. The Bertz CT molecular complexity index is 804. The summed E-state index contributed by atoms with van der Waals surface area (Å²) < 4.78 is 5.47. The molecule has 7 nitrogen and oxygen atoms in total. The zero-order valence-electron chi connectivity index (χ0n) is 14.4. The predicted octanol–water partition coefficient (Wildman–Crippen LogP) is 2.90. The molecule has 3 atom stereocenters. The van der Waals surface area contributed by atoms with Gasteiger partial charge in [-0.05, 0) is 32.1 Å². The van der Waals surface area contributed by atoms with Crippen molar-refractivity contribution in [3.63, 3.8) is 0 Å². The summed E-state index contributed by atoms with van der Waals surface area (Å²) in [6.45, 7) is 0.607. The Balaban J connectivity index is 1.56. The Morgan fingerprint density at radius 1 is 1.08 bits per heavy atom. The number of nitrogens with zero attached hydrogens (tertiary/aromatic N) is 3. The van der Waals surface area contributed by atoms with Gasteiger partial charge in [-0.25, -0.2) is 0 Å². The molecule has 26 heavy (non-hydrogen) atoms. The van der Waals surface area contributed by atoms with Crippen LogP contribution in [0.25, 0.3) is 11.4 Å². The zero-order chi connectivity index (χ0) is 18.1. The van der Waals surface area contributed by atoms with Gasteiger partial charge in [0.1, 0.15) is 6.04 Å². The molecular formula is C19H21N3O4. The van der Waals surface area contributed by atoms with Crippen molar-refractivity contribution in [2.45, 2.75) is 38.1 Å². The number of hydrogen-bond donors (Lipinski definition) is 1. The number of amides is 1. The molecule has 1 saturated carbocycles. The molecule has 2 heterocycles. The third kappa shape index (κ3) is 2.98. The molecule has 1 N–H and O–H groups in total. The summed E-state index contributed by atoms with van der Waals surface area (Å²) in [6.07, 6.45) is 3.85. The molecule has 2 fully saturated rings. The van der Waals surface area contributed by atoms with Gasteiger partial charge in [-0.2, -0.15) is 4.98 Å². The van der Waals surface area contributed by atoms with Gasteiger partial charge in [0.15, 0.2) is 0 Å². The van der Waals surface area contributed by atoms with Crippen LogP contribution in [0.15, 0.2) is 34.9 Å². The standard InChI is InChI=1S/C19H21N3O4/c23-18(13-9-10-14(13)19(24)25)22-11-5-4-8-15(22)17-20-16(21-26-17)12-6-2-1-3-7-12/h1-3,6-7,13-15H,4-5,8-11H2,(H,24,25). The summed E-state index contributed by atoms with van der Waals surface area (Å²) in [7, 11) is 0. The fourth-order valence-corrected chi connectivity index (χ4v) is 3.83. The molecule has 0 bridgehead atoms. The normalized spacial score (nSPS) is 25.5. The first-order chi connectivity index (χ1) is 12.6. The van der Waals surface area contributed by atoms with Crippen LogP contribution in [-0.2, 0) is 9.59 Å². The van der Waals surface area contributed by atoms with Gasteiger partial charge in [-0.3, -0.25) is 9.59 Å². The van der Waals surface area contributed by atoms with Gasteiger partial charge in [0.05, 0.1) is 11.8 Å². The van der Waals surface area contributed by atoms with Crippen LogP contribution in [0, 0.1) is 11.8 Å². The van der Waals surface area contributed by atoms with Crippen LogP contribution in [0.4, 0.5) is 0 Å². The lowest BCUT2D eigenvalue weighted by molar-refractivity contribution is -0.158. The van der Waals surface area contributed by atoms with E-state index in [9.17, 15) is 14.7 Å². The lowest BCUT2D eigenvalue weighted by Gasteiger charge is -2.40. The van der Waals surface area contributed by atoms with Crippen LogP contribution in [-0.4, -0.2) is 38.6 Å². The van der Waals surface area contributed by atoms with Gasteiger partial charge >= 0.3 is 5.97 Å². The fourth-order valence-electron chi connectivity index (χ4n) is 3.83. The van der Waals surface area contributed by atoms with Crippen molar-refractivity contribution in [1.82, 2.24) is 15.0 Å². The lowest BCUT2D eigenvalue weighted by atomic mass is 9.72. The summed E-state index contributed by atoms with van der Waals surface area (Å²) in [5.74, 6) is -1.02. The van der Waals surface area contributed by atoms with E-state index < -0.39 is 17.8 Å². The van der Waals surface area contributed by atoms with Crippen LogP contribution in [0.3, 0.4) is 0 Å². The molecule has 0 radical (unpaired) electrons. The van der Waals surface area contributed by atoms with Gasteiger partial charge < -0.3 is 14.5 Å². The summed E-state index contributed by atoms with van der Waals surface area (Å²) in [6, 6.07) is 9.28. The number of carbonyl (C=O) groups excluding carboxylic acids is 1. The maximum atomic E-state index is 12.9. The molecular weight excluding hydrogens is 334 g/mol. The molecule has 4 rings (SSSR count). The largest absolute Gasteiger partial charge is 0.481 e. The first-order valence-electron chi connectivity index (χ1n) is 9.07. The number of piperidine rings is 1. The van der Waals surface area contributed by atoms with Gasteiger partial charge in [0.2, 0.25) is 17.6 Å². The molecule has 1 aliphatic carbocycles. The SMILES string of the molecule is O=C(O)C1CCC1C(=O)N1CCCCC1c1nc(-c2ccccc2)no1. The third-order valence-corrected chi connectivity index (χ3v) is 5.45. The Hall–Kier alpha value is -2.70. The van der Waals surface area contributed by atoms with Gasteiger partial charge in [-0.1, -0.05) is 35.5 Å². The number of aliphatic carboxylic acids is 1. The van der Waals surface area contributed by atoms with Crippen LogP contribution >= 0.6 is 0 Å². The number of hydrogen-bond acceptors (Lipinski definition) is 5. The maximum Gasteiger partial charge on any atom is 0.307 e. The minimum Gasteiger partial charge on any atom is -0.481 e. The quantitative estimate of drug-likeness (QED) is 0.906. The van der Waals surface area contributed by atoms with E-state index in [2.05, 4.69) is 10.1 Å². The number of carboxylic acids is 1. The van der Waals surface area contributed by atoms with E-state index in [-0.39, 0.29) is 11.9 Å². The van der Waals surface area contributed by atoms with Crippen molar-refractivity contribution >= 4 is 11.9 Å². The van der Waals surface area contributed by atoms with Crippen LogP contribution in [0.1, 0.15) is 44.0 Å². The highest BCUT2D eigenvalue weighted by Gasteiger charge is 2.45. The van der Waals surface area contributed by atoms with Crippen LogP contribution in [0.2, 0.25) is 0 Å². The second-order valence-electron chi connectivity index (χ2n) is 6.99. The first-order valence-corrected chi connectivity index (χ1v) is 9.07. The van der Waals surface area contributed by atoms with Gasteiger partial charge in [-0.15, -0.1) is 0 Å². The Morgan fingerprint density at radius 3 is 2.54 bits per heavy atom. The second-order valence-corrected chi connectivity index (χ2v) is 6.99. The molecule has 3 unspecified atom stereocenters. The van der Waals surface area contributed by atoms with Crippen molar-refractivity contribution in [2.24, 2.45) is 11.8 Å². The number of carbonyl (C=O) groups is 2. The lowest BCUT2D eigenvalue weighted by Crippen LogP contribution is -2.48. The molecule has 1 aromatic carbocycles. The van der Waals surface area contributed by atoms with E-state index in [1.165, 1.54) is 0 Å². The maximum absolute atomic E-state index is 12.9. The van der Waals surface area contributed by atoms with E-state index in [0.29, 0.717) is 31.1 Å². The van der Waals surface area contributed by atoms with Crippen molar-refractivity contribution in [1.29, 1.82) is 0 Å². The zero-order valence-corrected chi connectivity index (χ0v) is 14.4. The monoisotopic (exact) mass is 355 g/mol. The second kappa shape index (κ2) is 6.90. The van der Waals surface area contributed by atoms with Gasteiger partial charge in [0.25, 0.3) is 0 Å². The number of rotatable bonds is 4. The van der Waals surface area contributed by atoms with Crippen LogP contribution < -0.4 is 0 Å². The van der Waals surface area contributed by atoms with E-state index in [1.54, 1.807) is 4.90 Å². The van der Waals surface area contributed by atoms with Gasteiger partial charge in [0, 0.05) is 12.1 Å². The summed E-state index contributed by atoms with van der Waals surface area (Å²) in [4.78, 5) is 30.5. The molecule has 1 aromatic heterocycles. The highest BCUT2D eigenvalue weighted by Crippen LogP contribution is 2.40. The molecule has 7 heteroatoms. The van der Waals surface area contributed by atoms with E-state index in [1.807, 2.05) is 30.3 Å². The average molecular weight is 355 g/mol. The summed E-state index contributed by atoms with van der Waals surface area (Å²) in [5.41, 5.74) is 0.862. The summed E-state index contributed by atoms with van der Waals surface area (Å²) in [5, 5.41) is 13.3. The molecule has 1 aliphatic heterocycles. The molecule has 136 valence electrons. The van der Waals surface area contributed by atoms with Crippen molar-refractivity contribution in [3.05, 3.63) is 36.2 Å². The predicted molar refractivity (Wildman–Crippen MR) is 91.9 cm³/mol. The molecule has 1 saturated heterocycles. The minimum atomic E-state index is -0.882. The average Bonchev–Trinajstić information content (AvgIpc) is 3.11. The van der Waals surface area contributed by atoms with Crippen LogP contribution in [0.5, 0.6) is 0 Å². The third-order valence-electron chi connectivity index (χ3n) is 5.45. The fraction of sp³-hybridized carbons (Fsp3) is 0.474. The Kier molecular flexibility index (Phi) is 4.44. The number of likely N-dealkylation sites (tertiary alicyclic amines) is 1. The number of benzene rings is 1. The highest BCUT2D eigenvalue weighted by molar-refractivity contribution is 5.86. The Morgan fingerprint density at radius 2 is 1.85 bits per heavy atom. The number of carboxylic acid groups (broad SMARTS) is 1. The first kappa shape index (κ1) is 16.8. The molecule has 0 spiro atoms. The highest BCUT2D eigenvalue weighted by atomic mass is 16.5. The topological polar surface area (TPSA) is 96.5 Å². The van der Waals surface area contributed by atoms with Crippen molar-refractivity contribution in [3.8, 4) is 11.4 Å². The van der Waals surface area contributed by atoms with E-state index in [4.69, 9.17) is 4.52 Å². The van der Waals surface area contributed by atoms with Crippen molar-refractivity contribution < 1.29 is 19.2 Å². The minimum absolute atomic E-state index is 0.0900. The van der Waals surface area contributed by atoms with E-state index >= 15 is 0 Å². The Labute approximate surface area is 151 Å². The number of aromatic nitrogens is 2. The summed E-state index contributed by atoms with van der Waals surface area (Å²) >= 11 is 0. The molecule has 1 amide bonds. The van der Waals surface area contributed by atoms with Crippen molar-refractivity contribution in [2.75, 3.05) is 6.54 Å². The smallest absolute Gasteiger partial charge is 0.307 e. The van der Waals surface area contributed by atoms with E-state index in [0.717, 1.165) is 24.8 Å². The molecule has 2 aromatic rings.